The molecule has 1 aromatic rings. The Morgan fingerprint density at radius 3 is 2.75 bits per heavy atom. The maximum atomic E-state index is 13.7. The van der Waals surface area contributed by atoms with Crippen molar-refractivity contribution < 1.29 is 22.7 Å². The third-order valence-electron chi connectivity index (χ3n) is 2.41. The first-order valence-corrected chi connectivity index (χ1v) is 8.73. The predicted molar refractivity (Wildman–Crippen MR) is 76.2 cm³/mol. The van der Waals surface area contributed by atoms with Crippen molar-refractivity contribution in [1.82, 2.24) is 4.72 Å². The van der Waals surface area contributed by atoms with Gasteiger partial charge in [0.1, 0.15) is 10.9 Å². The van der Waals surface area contributed by atoms with E-state index in [0.29, 0.717) is 5.75 Å². The Hall–Kier alpha value is -0.830. The number of benzene rings is 1. The minimum Gasteiger partial charge on any atom is -0.480 e. The number of carboxylic acid groups (broad SMARTS) is 1. The van der Waals surface area contributed by atoms with E-state index < -0.39 is 32.7 Å². The molecule has 0 aliphatic carbocycles. The highest BCUT2D eigenvalue weighted by Gasteiger charge is 2.27. The molecule has 1 atom stereocenters. The Morgan fingerprint density at radius 1 is 1.55 bits per heavy atom. The van der Waals surface area contributed by atoms with Crippen molar-refractivity contribution in [2.75, 3.05) is 12.0 Å². The van der Waals surface area contributed by atoms with Crippen LogP contribution in [0.5, 0.6) is 0 Å². The number of carbonyl (C=O) groups is 1. The number of rotatable bonds is 7. The number of halogens is 2. The van der Waals surface area contributed by atoms with Gasteiger partial charge >= 0.3 is 5.97 Å². The zero-order valence-corrected chi connectivity index (χ0v) is 12.9. The molecule has 1 aromatic carbocycles. The summed E-state index contributed by atoms with van der Waals surface area (Å²) in [6.07, 6.45) is 1.86. The van der Waals surface area contributed by atoms with Crippen molar-refractivity contribution in [3.05, 3.63) is 29.0 Å². The molecule has 0 saturated heterocycles. The van der Waals surface area contributed by atoms with Gasteiger partial charge in [-0.1, -0.05) is 17.7 Å². The molecule has 0 aliphatic rings. The second-order valence-electron chi connectivity index (χ2n) is 3.85. The molecule has 5 nitrogen and oxygen atoms in total. The lowest BCUT2D eigenvalue weighted by Crippen LogP contribution is -2.41. The Morgan fingerprint density at radius 2 is 2.20 bits per heavy atom. The molecule has 0 aliphatic heterocycles. The number of aliphatic carboxylic acids is 1. The third kappa shape index (κ3) is 4.34. The first-order chi connectivity index (χ1) is 9.29. The number of carboxylic acids is 1. The molecular weight excluding hydrogens is 329 g/mol. The van der Waals surface area contributed by atoms with E-state index >= 15 is 0 Å². The van der Waals surface area contributed by atoms with Gasteiger partial charge in [0.2, 0.25) is 10.0 Å². The highest BCUT2D eigenvalue weighted by atomic mass is 35.5. The van der Waals surface area contributed by atoms with E-state index in [9.17, 15) is 17.6 Å². The van der Waals surface area contributed by atoms with Crippen LogP contribution in [0.4, 0.5) is 4.39 Å². The van der Waals surface area contributed by atoms with Crippen molar-refractivity contribution in [2.24, 2.45) is 0 Å². The van der Waals surface area contributed by atoms with Crippen molar-refractivity contribution in [3.8, 4) is 0 Å². The van der Waals surface area contributed by atoms with Crippen LogP contribution in [0.3, 0.4) is 0 Å². The first kappa shape index (κ1) is 17.2. The fourth-order valence-corrected chi connectivity index (χ4v) is 3.44. The van der Waals surface area contributed by atoms with Gasteiger partial charge in [-0.25, -0.2) is 12.8 Å². The number of sulfonamides is 1. The highest BCUT2D eigenvalue weighted by molar-refractivity contribution is 7.98. The summed E-state index contributed by atoms with van der Waals surface area (Å²) in [5.41, 5.74) is 0. The van der Waals surface area contributed by atoms with E-state index in [1.54, 1.807) is 6.26 Å². The van der Waals surface area contributed by atoms with Crippen LogP contribution in [0.15, 0.2) is 23.1 Å². The Balaban J connectivity index is 3.04. The summed E-state index contributed by atoms with van der Waals surface area (Å²) in [4.78, 5) is 10.3. The quantitative estimate of drug-likeness (QED) is 0.792. The summed E-state index contributed by atoms with van der Waals surface area (Å²) in [5.74, 6) is -1.96. The number of hydrogen-bond acceptors (Lipinski definition) is 4. The summed E-state index contributed by atoms with van der Waals surface area (Å²) < 4.78 is 39.7. The van der Waals surface area contributed by atoms with E-state index in [1.807, 2.05) is 4.72 Å². The first-order valence-electron chi connectivity index (χ1n) is 5.47. The smallest absolute Gasteiger partial charge is 0.321 e. The molecule has 0 spiro atoms. The Labute approximate surface area is 125 Å². The zero-order chi connectivity index (χ0) is 15.3. The van der Waals surface area contributed by atoms with Crippen LogP contribution >= 0.6 is 23.4 Å². The van der Waals surface area contributed by atoms with Gasteiger partial charge in [0, 0.05) is 0 Å². The van der Waals surface area contributed by atoms with E-state index in [2.05, 4.69) is 0 Å². The Kier molecular flexibility index (Phi) is 6.25. The summed E-state index contributed by atoms with van der Waals surface area (Å²) in [6.45, 7) is 0. The van der Waals surface area contributed by atoms with E-state index in [0.717, 1.165) is 6.07 Å². The molecule has 112 valence electrons. The fourth-order valence-electron chi connectivity index (χ4n) is 1.41. The fraction of sp³-hybridized carbons (Fsp3) is 0.364. The molecule has 0 radical (unpaired) electrons. The van der Waals surface area contributed by atoms with Crippen LogP contribution in [0, 0.1) is 5.82 Å². The van der Waals surface area contributed by atoms with E-state index in [-0.39, 0.29) is 11.4 Å². The number of nitrogens with one attached hydrogen (secondary N) is 1. The zero-order valence-electron chi connectivity index (χ0n) is 10.5. The van der Waals surface area contributed by atoms with Gasteiger partial charge in [-0.2, -0.15) is 16.5 Å². The second kappa shape index (κ2) is 7.26. The van der Waals surface area contributed by atoms with Crippen molar-refractivity contribution in [3.63, 3.8) is 0 Å². The molecule has 0 heterocycles. The van der Waals surface area contributed by atoms with Gasteiger partial charge in [0.05, 0.1) is 5.02 Å². The van der Waals surface area contributed by atoms with Gasteiger partial charge in [-0.3, -0.25) is 4.79 Å². The summed E-state index contributed by atoms with van der Waals surface area (Å²) in [7, 11) is -4.29. The van der Waals surface area contributed by atoms with E-state index in [1.165, 1.54) is 23.9 Å². The van der Waals surface area contributed by atoms with Crippen LogP contribution < -0.4 is 4.72 Å². The minimum absolute atomic E-state index is 0.0952. The van der Waals surface area contributed by atoms with Gasteiger partial charge in [-0.15, -0.1) is 0 Å². The molecule has 0 amide bonds. The lowest BCUT2D eigenvalue weighted by molar-refractivity contribution is -0.139. The molecular formula is C11H13ClFNO4S2. The molecule has 0 unspecified atom stereocenters. The van der Waals surface area contributed by atoms with Gasteiger partial charge in [0.25, 0.3) is 0 Å². The maximum Gasteiger partial charge on any atom is 0.321 e. The van der Waals surface area contributed by atoms with Gasteiger partial charge < -0.3 is 5.11 Å². The number of hydrogen-bond donors (Lipinski definition) is 2. The summed E-state index contributed by atoms with van der Waals surface area (Å²) >= 11 is 6.90. The Bertz CT molecular complexity index is 594. The molecule has 9 heteroatoms. The van der Waals surface area contributed by atoms with Crippen molar-refractivity contribution in [1.29, 1.82) is 0 Å². The summed E-state index contributed by atoms with van der Waals surface area (Å²) in [5, 5.41) is 8.63. The second-order valence-corrected chi connectivity index (χ2v) is 6.92. The predicted octanol–water partition coefficient (Wildman–Crippen LogP) is 1.96. The van der Waals surface area contributed by atoms with Crippen LogP contribution in [0.1, 0.15) is 6.42 Å². The normalized spacial score (nSPS) is 13.2. The average molecular weight is 342 g/mol. The van der Waals surface area contributed by atoms with E-state index in [4.69, 9.17) is 16.7 Å². The number of thioether (sulfide) groups is 1. The largest absolute Gasteiger partial charge is 0.480 e. The molecule has 1 rings (SSSR count). The van der Waals surface area contributed by atoms with Crippen LogP contribution in [-0.4, -0.2) is 37.5 Å². The van der Waals surface area contributed by atoms with Crippen LogP contribution in [-0.2, 0) is 14.8 Å². The molecule has 20 heavy (non-hydrogen) atoms. The maximum absolute atomic E-state index is 13.7. The molecule has 0 aromatic heterocycles. The third-order valence-corrected chi connectivity index (χ3v) is 4.84. The summed E-state index contributed by atoms with van der Waals surface area (Å²) in [6, 6.07) is 2.19. The van der Waals surface area contributed by atoms with Gasteiger partial charge in [-0.05, 0) is 30.6 Å². The standard InChI is InChI=1S/C11H13ClFNO4S2/c1-19-6-5-8(11(15)16)14-20(17,18)9-4-2-3-7(12)10(9)13/h2-4,8,14H,5-6H2,1H3,(H,15,16)/t8-/m1/s1. The topological polar surface area (TPSA) is 83.5 Å². The minimum atomic E-state index is -4.29. The monoisotopic (exact) mass is 341 g/mol. The molecule has 0 saturated carbocycles. The van der Waals surface area contributed by atoms with Crippen LogP contribution in [0.25, 0.3) is 0 Å². The lowest BCUT2D eigenvalue weighted by Gasteiger charge is -2.14. The van der Waals surface area contributed by atoms with Gasteiger partial charge in [0.15, 0.2) is 5.82 Å². The molecule has 0 bridgehead atoms. The van der Waals surface area contributed by atoms with Crippen molar-refractivity contribution >= 4 is 39.4 Å². The molecule has 2 N–H and O–H groups in total. The molecule has 0 fully saturated rings. The van der Waals surface area contributed by atoms with Crippen molar-refractivity contribution in [2.45, 2.75) is 17.4 Å². The lowest BCUT2D eigenvalue weighted by atomic mass is 10.2. The highest BCUT2D eigenvalue weighted by Crippen LogP contribution is 2.22. The SMILES string of the molecule is CSCC[C@@H](NS(=O)(=O)c1cccc(Cl)c1F)C(=O)O. The van der Waals surface area contributed by atoms with Crippen LogP contribution in [0.2, 0.25) is 5.02 Å². The average Bonchev–Trinajstić information content (AvgIpc) is 2.37.